The highest BCUT2D eigenvalue weighted by atomic mass is 32.2. The van der Waals surface area contributed by atoms with Crippen LogP contribution in [0.5, 0.6) is 0 Å². The largest absolute Gasteiger partial charge is 0.310 e. The minimum Gasteiger partial charge on any atom is -0.310 e. The van der Waals surface area contributed by atoms with E-state index in [9.17, 15) is 13.2 Å². The molecule has 0 radical (unpaired) electrons. The molecule has 1 aromatic carbocycles. The van der Waals surface area contributed by atoms with Crippen molar-refractivity contribution in [1.82, 2.24) is 9.21 Å². The molecule has 1 aliphatic rings. The van der Waals surface area contributed by atoms with Gasteiger partial charge in [-0.1, -0.05) is 18.2 Å². The topological polar surface area (TPSA) is 84.7 Å². The second-order valence-corrected chi connectivity index (χ2v) is 7.71. The van der Waals surface area contributed by atoms with Crippen LogP contribution in [0.2, 0.25) is 0 Å². The Morgan fingerprint density at radius 1 is 1.21 bits per heavy atom. The van der Waals surface area contributed by atoms with Crippen molar-refractivity contribution in [1.29, 1.82) is 5.26 Å². The lowest BCUT2D eigenvalue weighted by Crippen LogP contribution is -2.51. The van der Waals surface area contributed by atoms with Crippen LogP contribution >= 0.6 is 0 Å². The van der Waals surface area contributed by atoms with Crippen LogP contribution in [-0.4, -0.2) is 69.1 Å². The summed E-state index contributed by atoms with van der Waals surface area (Å²) in [7, 11) is -3.17. The van der Waals surface area contributed by atoms with Crippen LogP contribution in [0.4, 0.5) is 5.69 Å². The van der Waals surface area contributed by atoms with Gasteiger partial charge in [0.25, 0.3) is 0 Å². The first-order chi connectivity index (χ1) is 11.4. The third kappa shape index (κ3) is 5.03. The smallest absolute Gasteiger partial charge is 0.241 e. The number of nitriles is 1. The standard InChI is InChI=1S/C16H22N4O3S/c1-24(22,23)19-12-10-18(11-13-19)14-16(21)20(9-5-8-17)15-6-3-2-4-7-15/h2-4,6-7H,5,9-14H2,1H3. The lowest BCUT2D eigenvalue weighted by atomic mass is 10.2. The zero-order valence-electron chi connectivity index (χ0n) is 13.8. The van der Waals surface area contributed by atoms with E-state index in [1.165, 1.54) is 10.6 Å². The summed E-state index contributed by atoms with van der Waals surface area (Å²) in [5.74, 6) is -0.0794. The Morgan fingerprint density at radius 3 is 2.38 bits per heavy atom. The summed E-state index contributed by atoms with van der Waals surface area (Å²) in [5, 5.41) is 8.81. The molecule has 1 aliphatic heterocycles. The third-order valence-corrected chi connectivity index (χ3v) is 5.28. The SMILES string of the molecule is CS(=O)(=O)N1CCN(CC(=O)N(CCC#N)c2ccccc2)CC1. The summed E-state index contributed by atoms with van der Waals surface area (Å²) in [6, 6.07) is 11.3. The molecule has 24 heavy (non-hydrogen) atoms. The predicted molar refractivity (Wildman–Crippen MR) is 91.9 cm³/mol. The van der Waals surface area contributed by atoms with Crippen molar-refractivity contribution in [2.75, 3.05) is 50.4 Å². The molecular formula is C16H22N4O3S. The van der Waals surface area contributed by atoms with Crippen molar-refractivity contribution >= 4 is 21.6 Å². The van der Waals surface area contributed by atoms with Crippen LogP contribution in [0.3, 0.4) is 0 Å². The van der Waals surface area contributed by atoms with Crippen LogP contribution < -0.4 is 4.90 Å². The third-order valence-electron chi connectivity index (χ3n) is 3.98. The Hall–Kier alpha value is -1.95. The highest BCUT2D eigenvalue weighted by Gasteiger charge is 2.26. The van der Waals surface area contributed by atoms with Gasteiger partial charge in [0.2, 0.25) is 15.9 Å². The van der Waals surface area contributed by atoms with E-state index in [4.69, 9.17) is 5.26 Å². The molecule has 1 saturated heterocycles. The highest BCUT2D eigenvalue weighted by molar-refractivity contribution is 7.88. The number of nitrogens with zero attached hydrogens (tertiary/aromatic N) is 4. The van der Waals surface area contributed by atoms with E-state index in [2.05, 4.69) is 6.07 Å². The Bertz CT molecular complexity index is 692. The van der Waals surface area contributed by atoms with Gasteiger partial charge in [-0.25, -0.2) is 8.42 Å². The zero-order valence-corrected chi connectivity index (χ0v) is 14.6. The van der Waals surface area contributed by atoms with Gasteiger partial charge >= 0.3 is 0 Å². The normalized spacial score (nSPS) is 16.5. The van der Waals surface area contributed by atoms with Crippen molar-refractivity contribution in [2.45, 2.75) is 6.42 Å². The van der Waals surface area contributed by atoms with Gasteiger partial charge in [-0.3, -0.25) is 9.69 Å². The molecule has 8 heteroatoms. The van der Waals surface area contributed by atoms with Crippen LogP contribution in [0, 0.1) is 11.3 Å². The summed E-state index contributed by atoms with van der Waals surface area (Å²) in [6.45, 7) is 2.42. The molecule has 1 heterocycles. The molecule has 0 spiro atoms. The number of piperazine rings is 1. The summed E-state index contributed by atoms with van der Waals surface area (Å²) in [4.78, 5) is 16.2. The Kier molecular flexibility index (Phi) is 6.31. The van der Waals surface area contributed by atoms with Gasteiger partial charge in [-0.05, 0) is 12.1 Å². The maximum atomic E-state index is 12.6. The molecular weight excluding hydrogens is 328 g/mol. The number of carbonyl (C=O) groups excluding carboxylic acids is 1. The number of amides is 1. The van der Waals surface area contributed by atoms with Gasteiger partial charge in [-0.15, -0.1) is 0 Å². The monoisotopic (exact) mass is 350 g/mol. The first-order valence-corrected chi connectivity index (χ1v) is 9.66. The van der Waals surface area contributed by atoms with Crippen molar-refractivity contribution in [2.24, 2.45) is 0 Å². The number of hydrogen-bond donors (Lipinski definition) is 0. The molecule has 1 amide bonds. The summed E-state index contributed by atoms with van der Waals surface area (Å²) < 4.78 is 24.5. The van der Waals surface area contributed by atoms with Crippen molar-refractivity contribution < 1.29 is 13.2 Å². The Morgan fingerprint density at radius 2 is 1.83 bits per heavy atom. The molecule has 7 nitrogen and oxygen atoms in total. The molecule has 2 rings (SSSR count). The van der Waals surface area contributed by atoms with Gasteiger partial charge in [0.15, 0.2) is 0 Å². The molecule has 0 aromatic heterocycles. The van der Waals surface area contributed by atoms with E-state index in [-0.39, 0.29) is 18.9 Å². The predicted octanol–water partition coefficient (Wildman–Crippen LogP) is 0.510. The van der Waals surface area contributed by atoms with E-state index in [1.54, 1.807) is 4.90 Å². The first-order valence-electron chi connectivity index (χ1n) is 7.81. The molecule has 0 aliphatic carbocycles. The van der Waals surface area contributed by atoms with Crippen molar-refractivity contribution in [3.63, 3.8) is 0 Å². The van der Waals surface area contributed by atoms with Crippen molar-refractivity contribution in [3.8, 4) is 6.07 Å². The Labute approximate surface area is 143 Å². The average Bonchev–Trinajstić information content (AvgIpc) is 2.56. The molecule has 0 unspecified atom stereocenters. The van der Waals surface area contributed by atoms with Gasteiger partial charge in [0.1, 0.15) is 0 Å². The highest BCUT2D eigenvalue weighted by Crippen LogP contribution is 2.15. The minimum atomic E-state index is -3.17. The molecule has 0 N–H and O–H groups in total. The first kappa shape index (κ1) is 18.4. The van der Waals surface area contributed by atoms with Crippen molar-refractivity contribution in [3.05, 3.63) is 30.3 Å². The summed E-state index contributed by atoms with van der Waals surface area (Å²) >= 11 is 0. The summed E-state index contributed by atoms with van der Waals surface area (Å²) in [5.41, 5.74) is 0.771. The number of sulfonamides is 1. The van der Waals surface area contributed by atoms with E-state index < -0.39 is 10.0 Å². The minimum absolute atomic E-state index is 0.0794. The van der Waals surface area contributed by atoms with Gasteiger partial charge in [0, 0.05) is 38.4 Å². The fraction of sp³-hybridized carbons (Fsp3) is 0.500. The lowest BCUT2D eigenvalue weighted by Gasteiger charge is -2.34. The molecule has 130 valence electrons. The van der Waals surface area contributed by atoms with Crippen LogP contribution in [0.1, 0.15) is 6.42 Å². The van der Waals surface area contributed by atoms with Crippen LogP contribution in [-0.2, 0) is 14.8 Å². The quantitative estimate of drug-likeness (QED) is 0.746. The maximum Gasteiger partial charge on any atom is 0.241 e. The average molecular weight is 350 g/mol. The van der Waals surface area contributed by atoms with E-state index >= 15 is 0 Å². The zero-order chi connectivity index (χ0) is 17.6. The Balaban J connectivity index is 1.98. The van der Waals surface area contributed by atoms with Gasteiger partial charge < -0.3 is 4.90 Å². The van der Waals surface area contributed by atoms with Gasteiger partial charge in [-0.2, -0.15) is 9.57 Å². The maximum absolute atomic E-state index is 12.6. The summed E-state index contributed by atoms with van der Waals surface area (Å²) in [6.07, 6.45) is 1.47. The second kappa shape index (κ2) is 8.24. The second-order valence-electron chi connectivity index (χ2n) is 5.73. The molecule has 0 saturated carbocycles. The number of carbonyl (C=O) groups is 1. The van der Waals surface area contributed by atoms with Crippen LogP contribution in [0.15, 0.2) is 30.3 Å². The number of hydrogen-bond acceptors (Lipinski definition) is 5. The fourth-order valence-electron chi connectivity index (χ4n) is 2.66. The molecule has 1 fully saturated rings. The van der Waals surface area contributed by atoms with E-state index in [0.29, 0.717) is 32.7 Å². The molecule has 0 bridgehead atoms. The van der Waals surface area contributed by atoms with E-state index in [0.717, 1.165) is 5.69 Å². The lowest BCUT2D eigenvalue weighted by molar-refractivity contribution is -0.120. The molecule has 0 atom stereocenters. The number of anilines is 1. The fourth-order valence-corrected chi connectivity index (χ4v) is 3.49. The molecule has 1 aromatic rings. The number of para-hydroxylation sites is 1. The van der Waals surface area contributed by atoms with Crippen LogP contribution in [0.25, 0.3) is 0 Å². The number of benzene rings is 1. The number of rotatable bonds is 6. The van der Waals surface area contributed by atoms with E-state index in [1.807, 2.05) is 35.2 Å². The van der Waals surface area contributed by atoms with Gasteiger partial charge in [0.05, 0.1) is 25.3 Å².